The lowest BCUT2D eigenvalue weighted by Gasteiger charge is -2.31. The molecule has 18 heavy (non-hydrogen) atoms. The van der Waals surface area contributed by atoms with Gasteiger partial charge >= 0.3 is 12.1 Å². The molecule has 0 aliphatic carbocycles. The van der Waals surface area contributed by atoms with E-state index < -0.39 is 5.97 Å². The summed E-state index contributed by atoms with van der Waals surface area (Å²) in [5.41, 5.74) is 0. The van der Waals surface area contributed by atoms with Crippen LogP contribution in [-0.4, -0.2) is 48.1 Å². The number of likely N-dealkylation sites (tertiary alicyclic amines) is 1. The average Bonchev–Trinajstić information content (AvgIpc) is 2.37. The Labute approximate surface area is 106 Å². The number of aldehydes is 1. The summed E-state index contributed by atoms with van der Waals surface area (Å²) in [6, 6.07) is 0. The third-order valence-electron chi connectivity index (χ3n) is 3.10. The maximum atomic E-state index is 11.5. The number of carboxylic acids is 1. The quantitative estimate of drug-likeness (QED) is 0.572. The number of ether oxygens (including phenoxy) is 1. The van der Waals surface area contributed by atoms with E-state index in [1.54, 1.807) is 4.90 Å². The summed E-state index contributed by atoms with van der Waals surface area (Å²) < 4.78 is 4.92. The maximum absolute atomic E-state index is 11.5. The third-order valence-corrected chi connectivity index (χ3v) is 3.10. The number of rotatable bonds is 6. The lowest BCUT2D eigenvalue weighted by Crippen LogP contribution is -2.39. The van der Waals surface area contributed by atoms with Gasteiger partial charge in [0.2, 0.25) is 0 Å². The van der Waals surface area contributed by atoms with Gasteiger partial charge in [-0.2, -0.15) is 0 Å². The molecule has 0 atom stereocenters. The van der Waals surface area contributed by atoms with Crippen LogP contribution in [-0.2, 0) is 14.3 Å². The molecule has 1 amide bonds. The predicted octanol–water partition coefficient (Wildman–Crippen LogP) is 1.29. The zero-order valence-corrected chi connectivity index (χ0v) is 10.3. The molecule has 0 saturated carbocycles. The van der Waals surface area contributed by atoms with E-state index in [-0.39, 0.29) is 25.5 Å². The minimum Gasteiger partial charge on any atom is -0.481 e. The Kier molecular flexibility index (Phi) is 6.18. The molecule has 0 unspecified atom stereocenters. The summed E-state index contributed by atoms with van der Waals surface area (Å²) >= 11 is 0. The summed E-state index contributed by atoms with van der Waals surface area (Å²) in [4.78, 5) is 33.7. The first-order valence-electron chi connectivity index (χ1n) is 6.20. The molecular weight excluding hydrogens is 238 g/mol. The molecule has 0 spiro atoms. The number of nitrogens with zero attached hydrogens (tertiary/aromatic N) is 1. The second kappa shape index (κ2) is 7.68. The molecule has 1 aliphatic heterocycles. The maximum Gasteiger partial charge on any atom is 0.409 e. The molecule has 1 N–H and O–H groups in total. The highest BCUT2D eigenvalue weighted by Crippen LogP contribution is 2.22. The monoisotopic (exact) mass is 257 g/mol. The minimum atomic E-state index is -0.772. The van der Waals surface area contributed by atoms with Crippen molar-refractivity contribution < 1.29 is 24.2 Å². The van der Waals surface area contributed by atoms with Crippen molar-refractivity contribution in [3.05, 3.63) is 0 Å². The molecule has 0 aromatic rings. The van der Waals surface area contributed by atoms with Gasteiger partial charge in [0, 0.05) is 25.9 Å². The van der Waals surface area contributed by atoms with Crippen LogP contribution in [0.1, 0.15) is 32.1 Å². The second-order valence-corrected chi connectivity index (χ2v) is 4.43. The summed E-state index contributed by atoms with van der Waals surface area (Å²) in [7, 11) is 0. The molecule has 0 radical (unpaired) electrons. The fourth-order valence-corrected chi connectivity index (χ4v) is 2.02. The first-order valence-corrected chi connectivity index (χ1v) is 6.20. The molecule has 0 aromatic heterocycles. The molecule has 1 heterocycles. The van der Waals surface area contributed by atoms with Crippen molar-refractivity contribution in [2.75, 3.05) is 19.7 Å². The highest BCUT2D eigenvalue weighted by atomic mass is 16.6. The number of carboxylic acid groups (broad SMARTS) is 1. The summed E-state index contributed by atoms with van der Waals surface area (Å²) in [5, 5.41) is 8.59. The van der Waals surface area contributed by atoms with E-state index in [0.717, 1.165) is 12.8 Å². The van der Waals surface area contributed by atoms with Crippen LogP contribution in [0.4, 0.5) is 4.79 Å². The largest absolute Gasteiger partial charge is 0.481 e. The van der Waals surface area contributed by atoms with E-state index >= 15 is 0 Å². The van der Waals surface area contributed by atoms with Crippen molar-refractivity contribution in [3.8, 4) is 0 Å². The van der Waals surface area contributed by atoms with E-state index in [2.05, 4.69) is 0 Å². The van der Waals surface area contributed by atoms with Gasteiger partial charge in [-0.25, -0.2) is 4.79 Å². The first-order chi connectivity index (χ1) is 8.63. The van der Waals surface area contributed by atoms with Crippen LogP contribution in [0, 0.1) is 5.92 Å². The normalized spacial score (nSPS) is 16.3. The van der Waals surface area contributed by atoms with Crippen molar-refractivity contribution in [1.29, 1.82) is 0 Å². The van der Waals surface area contributed by atoms with Gasteiger partial charge in [0.15, 0.2) is 0 Å². The van der Waals surface area contributed by atoms with Crippen molar-refractivity contribution in [1.82, 2.24) is 4.90 Å². The van der Waals surface area contributed by atoms with E-state index in [1.165, 1.54) is 0 Å². The van der Waals surface area contributed by atoms with Crippen molar-refractivity contribution >= 4 is 18.3 Å². The Hall–Kier alpha value is -1.59. The van der Waals surface area contributed by atoms with E-state index in [9.17, 15) is 14.4 Å². The van der Waals surface area contributed by atoms with Gasteiger partial charge < -0.3 is 19.5 Å². The zero-order chi connectivity index (χ0) is 13.4. The highest BCUT2D eigenvalue weighted by Gasteiger charge is 2.23. The van der Waals surface area contributed by atoms with Crippen molar-refractivity contribution in [2.24, 2.45) is 5.92 Å². The topological polar surface area (TPSA) is 83.9 Å². The SMILES string of the molecule is O=CCCOC(=O)N1CCC(CCC(=O)O)CC1. The highest BCUT2D eigenvalue weighted by molar-refractivity contribution is 5.68. The Morgan fingerprint density at radius 1 is 1.33 bits per heavy atom. The van der Waals surface area contributed by atoms with E-state index in [4.69, 9.17) is 9.84 Å². The van der Waals surface area contributed by atoms with E-state index in [0.29, 0.717) is 31.7 Å². The molecule has 1 saturated heterocycles. The van der Waals surface area contributed by atoms with Gasteiger partial charge in [-0.05, 0) is 25.2 Å². The van der Waals surface area contributed by atoms with E-state index in [1.807, 2.05) is 0 Å². The molecule has 0 aromatic carbocycles. The zero-order valence-electron chi connectivity index (χ0n) is 10.3. The Bertz CT molecular complexity index is 297. The number of amides is 1. The average molecular weight is 257 g/mol. The first kappa shape index (κ1) is 14.5. The molecule has 1 aliphatic rings. The number of aliphatic carboxylic acids is 1. The molecule has 6 nitrogen and oxygen atoms in total. The number of piperidine rings is 1. The Morgan fingerprint density at radius 2 is 2.00 bits per heavy atom. The van der Waals surface area contributed by atoms with Gasteiger partial charge in [-0.3, -0.25) is 4.79 Å². The van der Waals surface area contributed by atoms with Crippen LogP contribution in [0.5, 0.6) is 0 Å². The van der Waals surface area contributed by atoms with Gasteiger partial charge in [0.25, 0.3) is 0 Å². The van der Waals surface area contributed by atoms with Crippen molar-refractivity contribution in [2.45, 2.75) is 32.1 Å². The standard InChI is InChI=1S/C12H19NO5/c14-8-1-9-18-12(17)13-6-4-10(5-7-13)2-3-11(15)16/h8,10H,1-7,9H2,(H,15,16). The number of carbonyl (C=O) groups excluding carboxylic acids is 2. The fraction of sp³-hybridized carbons (Fsp3) is 0.750. The van der Waals surface area contributed by atoms with Gasteiger partial charge in [0.1, 0.15) is 6.29 Å². The predicted molar refractivity (Wildman–Crippen MR) is 63.2 cm³/mol. The number of hydrogen-bond donors (Lipinski definition) is 1. The minimum absolute atomic E-state index is 0.126. The lowest BCUT2D eigenvalue weighted by molar-refractivity contribution is -0.137. The molecular formula is C12H19NO5. The van der Waals surface area contributed by atoms with Crippen LogP contribution >= 0.6 is 0 Å². The lowest BCUT2D eigenvalue weighted by atomic mass is 9.92. The second-order valence-electron chi connectivity index (χ2n) is 4.43. The summed E-state index contributed by atoms with van der Waals surface area (Å²) in [6.07, 6.45) is 3.05. The molecule has 1 fully saturated rings. The smallest absolute Gasteiger partial charge is 0.409 e. The van der Waals surface area contributed by atoms with Gasteiger partial charge in [0.05, 0.1) is 6.61 Å². The van der Waals surface area contributed by atoms with Crippen LogP contribution < -0.4 is 0 Å². The summed E-state index contributed by atoms with van der Waals surface area (Å²) in [5.74, 6) is -0.397. The van der Waals surface area contributed by atoms with Crippen LogP contribution in [0.3, 0.4) is 0 Å². The van der Waals surface area contributed by atoms with Crippen LogP contribution in [0.2, 0.25) is 0 Å². The van der Waals surface area contributed by atoms with Gasteiger partial charge in [-0.15, -0.1) is 0 Å². The van der Waals surface area contributed by atoms with Gasteiger partial charge in [-0.1, -0.05) is 0 Å². The Balaban J connectivity index is 2.19. The molecule has 6 heteroatoms. The summed E-state index contributed by atoms with van der Waals surface area (Å²) in [6.45, 7) is 1.33. The molecule has 0 bridgehead atoms. The number of hydrogen-bond acceptors (Lipinski definition) is 4. The van der Waals surface area contributed by atoms with Crippen LogP contribution in [0.25, 0.3) is 0 Å². The van der Waals surface area contributed by atoms with Crippen molar-refractivity contribution in [3.63, 3.8) is 0 Å². The van der Waals surface area contributed by atoms with Crippen LogP contribution in [0.15, 0.2) is 0 Å². The third kappa shape index (κ3) is 5.16. The molecule has 1 rings (SSSR count). The number of carbonyl (C=O) groups is 3. The molecule has 102 valence electrons. The Morgan fingerprint density at radius 3 is 2.56 bits per heavy atom. The fourth-order valence-electron chi connectivity index (χ4n) is 2.02.